The molecule has 0 rings (SSSR count). The molecular weight excluding hydrogens is 659 g/mol. The monoisotopic (exact) mass is 754 g/mol. The number of rotatable bonds is 42. The number of hydrogen-bond acceptors (Lipinski definition) is 5. The molecule has 0 amide bonds. The highest BCUT2D eigenvalue weighted by Gasteiger charge is 2.14. The Kier molecular flexibility index (Phi) is 47.9. The molecule has 0 bridgehead atoms. The lowest BCUT2D eigenvalue weighted by Gasteiger charge is -2.21. The predicted molar refractivity (Wildman–Crippen MR) is 230 cm³/mol. The minimum absolute atomic E-state index is 0.0369. The first-order valence-corrected chi connectivity index (χ1v) is 23.6. The van der Waals surface area contributed by atoms with Gasteiger partial charge in [0.15, 0.2) is 0 Å². The smallest absolute Gasteiger partial charge is 0.306 e. The van der Waals surface area contributed by atoms with Gasteiger partial charge in [-0.25, -0.2) is 0 Å². The molecule has 0 aliphatic rings. The van der Waals surface area contributed by atoms with Gasteiger partial charge < -0.3 is 19.8 Å². The number of hydrogen-bond donors (Lipinski definition) is 2. The van der Waals surface area contributed by atoms with Gasteiger partial charge in [-0.05, 0) is 64.0 Å². The zero-order chi connectivity index (χ0) is 39.3. The van der Waals surface area contributed by atoms with Crippen molar-refractivity contribution < 1.29 is 24.5 Å². The van der Waals surface area contributed by atoms with E-state index in [-0.39, 0.29) is 25.2 Å². The van der Waals surface area contributed by atoms with E-state index in [0.29, 0.717) is 6.42 Å². The van der Waals surface area contributed by atoms with Gasteiger partial charge in [-0.2, -0.15) is 0 Å². The maximum absolute atomic E-state index is 12.7. The molecule has 0 saturated heterocycles. The van der Waals surface area contributed by atoms with E-state index in [1.165, 1.54) is 193 Å². The number of nitrogens with zero attached hydrogens (tertiary/aromatic N) is 1. The lowest BCUT2D eigenvalue weighted by Crippen LogP contribution is -2.29. The molecule has 2 N–H and O–H groups in total. The van der Waals surface area contributed by atoms with Crippen molar-refractivity contribution in [3.8, 4) is 0 Å². The summed E-state index contributed by atoms with van der Waals surface area (Å²) >= 11 is 0. The van der Waals surface area contributed by atoms with Crippen LogP contribution in [0.3, 0.4) is 0 Å². The van der Waals surface area contributed by atoms with Gasteiger partial charge in [-0.15, -0.1) is 0 Å². The minimum atomic E-state index is -0.250. The molecule has 1 unspecified atom stereocenters. The van der Waals surface area contributed by atoms with Gasteiger partial charge >= 0.3 is 5.97 Å². The predicted octanol–water partition coefficient (Wildman–Crippen LogP) is 14.2. The van der Waals surface area contributed by atoms with Crippen LogP contribution in [0.2, 0.25) is 0 Å². The van der Waals surface area contributed by atoms with Crippen molar-refractivity contribution in [1.82, 2.24) is 4.90 Å². The largest absolute Gasteiger partial charge is 0.483 e. The minimum Gasteiger partial charge on any atom is -0.483 e. The Bertz CT molecular complexity index is 688. The summed E-state index contributed by atoms with van der Waals surface area (Å²) in [7, 11) is 0. The highest BCUT2D eigenvalue weighted by Crippen LogP contribution is 2.23. The average molecular weight is 754 g/mol. The first-order chi connectivity index (χ1) is 26.0. The van der Waals surface area contributed by atoms with Crippen molar-refractivity contribution in [3.63, 3.8) is 0 Å². The summed E-state index contributed by atoms with van der Waals surface area (Å²) in [5.74, 6) is 1.02. The van der Waals surface area contributed by atoms with Crippen molar-refractivity contribution in [3.05, 3.63) is 0 Å². The molecule has 318 valence electrons. The van der Waals surface area contributed by atoms with Gasteiger partial charge in [0.05, 0.1) is 6.61 Å². The summed E-state index contributed by atoms with van der Waals surface area (Å²) in [5.41, 5.74) is 0. The maximum Gasteiger partial charge on any atom is 0.306 e. The fourth-order valence-corrected chi connectivity index (χ4v) is 7.78. The van der Waals surface area contributed by atoms with Crippen molar-refractivity contribution >= 4 is 12.4 Å². The van der Waals surface area contributed by atoms with Crippen LogP contribution in [0.5, 0.6) is 0 Å². The number of carbonyl (C=O) groups excluding carboxylic acids is 1. The molecule has 0 aliphatic heterocycles. The third-order valence-corrected chi connectivity index (χ3v) is 11.1. The van der Waals surface area contributed by atoms with Crippen LogP contribution in [0.15, 0.2) is 0 Å². The third kappa shape index (κ3) is 43.5. The topological polar surface area (TPSA) is 87.1 Å². The molecule has 0 aliphatic carbocycles. The summed E-state index contributed by atoms with van der Waals surface area (Å²) in [6.45, 7) is 12.2. The van der Waals surface area contributed by atoms with Gasteiger partial charge in [-0.1, -0.05) is 201 Å². The SMILES string of the molecule is CCCCCCCCC(CCCCCCCC)OC(=O)CCCCCCCN(CCO)CCCCCCCCCC(CCC)CCCCCC.O=CO. The summed E-state index contributed by atoms with van der Waals surface area (Å²) < 4.78 is 6.04. The molecule has 0 fully saturated rings. The summed E-state index contributed by atoms with van der Waals surface area (Å²) in [5, 5.41) is 16.5. The standard InChI is InChI=1S/C46H93NO3.CH2O2/c1-5-9-12-15-22-29-37-45(38-30-23-16-13-10-6-2)50-46(49)39-31-24-20-26-33-41-47(42-43-48)40-32-25-19-17-18-21-28-36-44(34-8-4)35-27-14-11-7-3;2-1-3/h44-45,48H,5-43H2,1-4H3;1H,(H,2,3). The van der Waals surface area contributed by atoms with Gasteiger partial charge in [0, 0.05) is 13.0 Å². The van der Waals surface area contributed by atoms with E-state index in [0.717, 1.165) is 51.2 Å². The second kappa shape index (κ2) is 47.0. The number of esters is 1. The van der Waals surface area contributed by atoms with Gasteiger partial charge in [0.2, 0.25) is 0 Å². The van der Waals surface area contributed by atoms with Crippen LogP contribution in [-0.4, -0.2) is 59.9 Å². The van der Waals surface area contributed by atoms with Crippen LogP contribution >= 0.6 is 0 Å². The molecule has 0 aromatic carbocycles. The van der Waals surface area contributed by atoms with E-state index < -0.39 is 0 Å². The molecule has 1 atom stereocenters. The number of carbonyl (C=O) groups is 2. The quantitative estimate of drug-likeness (QED) is 0.0367. The van der Waals surface area contributed by atoms with Crippen LogP contribution in [0.1, 0.15) is 252 Å². The first-order valence-electron chi connectivity index (χ1n) is 23.6. The van der Waals surface area contributed by atoms with Gasteiger partial charge in [0.25, 0.3) is 6.47 Å². The molecule has 6 nitrogen and oxygen atoms in total. The zero-order valence-corrected chi connectivity index (χ0v) is 36.4. The molecule has 0 saturated carbocycles. The molecule has 0 aromatic rings. The number of aliphatic hydroxyl groups is 1. The van der Waals surface area contributed by atoms with Crippen molar-refractivity contribution in [1.29, 1.82) is 0 Å². The Hall–Kier alpha value is -1.14. The Labute approximate surface area is 331 Å². The molecule has 53 heavy (non-hydrogen) atoms. The van der Waals surface area contributed by atoms with Gasteiger partial charge in [-0.3, -0.25) is 9.59 Å². The maximum atomic E-state index is 12.7. The van der Waals surface area contributed by atoms with E-state index in [9.17, 15) is 9.90 Å². The van der Waals surface area contributed by atoms with Crippen LogP contribution < -0.4 is 0 Å². The van der Waals surface area contributed by atoms with E-state index in [1.807, 2.05) is 0 Å². The average Bonchev–Trinajstić information content (AvgIpc) is 3.15. The summed E-state index contributed by atoms with van der Waals surface area (Å²) in [4.78, 5) is 23.5. The Morgan fingerprint density at radius 2 is 0.849 bits per heavy atom. The second-order valence-electron chi connectivity index (χ2n) is 16.2. The highest BCUT2D eigenvalue weighted by atomic mass is 16.5. The van der Waals surface area contributed by atoms with Crippen LogP contribution in [0.25, 0.3) is 0 Å². The van der Waals surface area contributed by atoms with Crippen LogP contribution in [-0.2, 0) is 14.3 Å². The normalized spacial score (nSPS) is 11.9. The molecule has 0 heterocycles. The van der Waals surface area contributed by atoms with E-state index in [1.54, 1.807) is 0 Å². The number of ether oxygens (including phenoxy) is 1. The van der Waals surface area contributed by atoms with E-state index >= 15 is 0 Å². The fraction of sp³-hybridized carbons (Fsp3) is 0.957. The van der Waals surface area contributed by atoms with Crippen LogP contribution in [0.4, 0.5) is 0 Å². The highest BCUT2D eigenvalue weighted by molar-refractivity contribution is 5.69. The first kappa shape index (κ1) is 54.0. The Morgan fingerprint density at radius 3 is 1.26 bits per heavy atom. The van der Waals surface area contributed by atoms with Crippen LogP contribution in [0, 0.1) is 5.92 Å². The molecule has 0 spiro atoms. The molecular formula is C47H95NO5. The molecule has 6 heteroatoms. The van der Waals surface area contributed by atoms with Crippen molar-refractivity contribution in [2.45, 2.75) is 259 Å². The zero-order valence-electron chi connectivity index (χ0n) is 36.4. The Morgan fingerprint density at radius 1 is 0.491 bits per heavy atom. The number of carboxylic acid groups (broad SMARTS) is 1. The third-order valence-electron chi connectivity index (χ3n) is 11.1. The Balaban J connectivity index is 0. The second-order valence-corrected chi connectivity index (χ2v) is 16.2. The molecule has 0 aromatic heterocycles. The number of aliphatic hydroxyl groups excluding tert-OH is 1. The molecule has 0 radical (unpaired) electrons. The fourth-order valence-electron chi connectivity index (χ4n) is 7.78. The lowest BCUT2D eigenvalue weighted by molar-refractivity contribution is -0.150. The van der Waals surface area contributed by atoms with E-state index in [2.05, 4.69) is 32.6 Å². The van der Waals surface area contributed by atoms with Crippen molar-refractivity contribution in [2.24, 2.45) is 5.92 Å². The lowest BCUT2D eigenvalue weighted by atomic mass is 9.91. The van der Waals surface area contributed by atoms with Crippen molar-refractivity contribution in [2.75, 3.05) is 26.2 Å². The summed E-state index contributed by atoms with van der Waals surface area (Å²) in [6, 6.07) is 0. The number of unbranched alkanes of at least 4 members (excludes halogenated alkanes) is 23. The van der Waals surface area contributed by atoms with E-state index in [4.69, 9.17) is 14.6 Å². The summed E-state index contributed by atoms with van der Waals surface area (Å²) in [6.07, 6.45) is 45.0. The van der Waals surface area contributed by atoms with Gasteiger partial charge in [0.1, 0.15) is 6.10 Å².